The van der Waals surface area contributed by atoms with Crippen molar-refractivity contribution in [3.05, 3.63) is 10.8 Å². The van der Waals surface area contributed by atoms with Crippen LogP contribution in [-0.2, 0) is 14.3 Å². The van der Waals surface area contributed by atoms with Gasteiger partial charge in [-0.3, -0.25) is 0 Å². The van der Waals surface area contributed by atoms with E-state index in [1.165, 1.54) is 18.9 Å². The van der Waals surface area contributed by atoms with Crippen LogP contribution in [0.1, 0.15) is 6.92 Å². The lowest BCUT2D eigenvalue weighted by atomic mass is 10.5. The van der Waals surface area contributed by atoms with Gasteiger partial charge in [0.15, 0.2) is 4.91 Å². The van der Waals surface area contributed by atoms with Crippen molar-refractivity contribution >= 4 is 17.7 Å². The summed E-state index contributed by atoms with van der Waals surface area (Å²) in [6, 6.07) is 0. The number of hydrogen-bond donors (Lipinski definition) is 1. The zero-order chi connectivity index (χ0) is 10.3. The Hall–Kier alpha value is -0.840. The van der Waals surface area contributed by atoms with E-state index in [1.54, 1.807) is 20.2 Å². The molecule has 0 aliphatic carbocycles. The van der Waals surface area contributed by atoms with Gasteiger partial charge in [0.2, 0.25) is 5.88 Å². The lowest BCUT2D eigenvalue weighted by Crippen LogP contribution is -2.16. The Morgan fingerprint density at radius 1 is 1.54 bits per heavy atom. The van der Waals surface area contributed by atoms with Crippen molar-refractivity contribution in [1.82, 2.24) is 5.32 Å². The number of methoxy groups -OCH3 is 1. The number of hydrogen-bond acceptors (Lipinski definition) is 5. The van der Waals surface area contributed by atoms with Gasteiger partial charge < -0.3 is 14.8 Å². The Morgan fingerprint density at radius 3 is 2.46 bits per heavy atom. The van der Waals surface area contributed by atoms with Gasteiger partial charge in [-0.25, -0.2) is 4.79 Å². The van der Waals surface area contributed by atoms with Gasteiger partial charge in [-0.15, -0.1) is 11.8 Å². The molecule has 0 unspecified atom stereocenters. The fourth-order valence-electron chi connectivity index (χ4n) is 0.774. The molecule has 0 radical (unpaired) electrons. The summed E-state index contributed by atoms with van der Waals surface area (Å²) in [5, 5.41) is 2.78. The number of ether oxygens (including phenoxy) is 2. The minimum atomic E-state index is -0.360. The zero-order valence-electron chi connectivity index (χ0n) is 8.34. The molecule has 0 aromatic heterocycles. The van der Waals surface area contributed by atoms with Crippen molar-refractivity contribution in [1.29, 1.82) is 0 Å². The van der Waals surface area contributed by atoms with Gasteiger partial charge in [-0.05, 0) is 13.2 Å². The third-order valence-corrected chi connectivity index (χ3v) is 2.06. The van der Waals surface area contributed by atoms with Crippen LogP contribution in [0.5, 0.6) is 0 Å². The fraction of sp³-hybridized carbons (Fsp3) is 0.625. The molecule has 0 atom stereocenters. The molecule has 0 aliphatic heterocycles. The van der Waals surface area contributed by atoms with Crippen molar-refractivity contribution in [3.8, 4) is 0 Å². The Kier molecular flexibility index (Phi) is 6.22. The molecule has 76 valence electrons. The minimum absolute atomic E-state index is 0.360. The lowest BCUT2D eigenvalue weighted by Gasteiger charge is -2.10. The smallest absolute Gasteiger partial charge is 0.350 e. The molecule has 13 heavy (non-hydrogen) atoms. The molecular weight excluding hydrogens is 190 g/mol. The summed E-state index contributed by atoms with van der Waals surface area (Å²) in [7, 11) is 3.19. The van der Waals surface area contributed by atoms with Gasteiger partial charge in [0.1, 0.15) is 0 Å². The molecule has 1 N–H and O–H groups in total. The number of rotatable bonds is 5. The molecule has 0 aliphatic rings. The highest BCUT2D eigenvalue weighted by atomic mass is 32.2. The summed E-state index contributed by atoms with van der Waals surface area (Å²) in [6.07, 6.45) is 1.79. The summed E-state index contributed by atoms with van der Waals surface area (Å²) >= 11 is 1.29. The second-order valence-corrected chi connectivity index (χ2v) is 2.85. The van der Waals surface area contributed by atoms with Gasteiger partial charge >= 0.3 is 5.97 Å². The van der Waals surface area contributed by atoms with Crippen molar-refractivity contribution in [2.45, 2.75) is 6.92 Å². The van der Waals surface area contributed by atoms with Crippen LogP contribution in [0.25, 0.3) is 0 Å². The van der Waals surface area contributed by atoms with E-state index < -0.39 is 0 Å². The van der Waals surface area contributed by atoms with Crippen LogP contribution in [0.2, 0.25) is 0 Å². The van der Waals surface area contributed by atoms with Crippen molar-refractivity contribution in [2.75, 3.05) is 27.0 Å². The average Bonchev–Trinajstić information content (AvgIpc) is 2.14. The molecule has 0 fully saturated rings. The van der Waals surface area contributed by atoms with E-state index in [-0.39, 0.29) is 5.97 Å². The Bertz CT molecular complexity index is 198. The first-order valence-electron chi connectivity index (χ1n) is 3.88. The third kappa shape index (κ3) is 3.59. The quantitative estimate of drug-likeness (QED) is 0.411. The van der Waals surface area contributed by atoms with Gasteiger partial charge in [0.05, 0.1) is 13.7 Å². The monoisotopic (exact) mass is 205 g/mol. The van der Waals surface area contributed by atoms with Crippen LogP contribution in [0.3, 0.4) is 0 Å². The SMILES string of the molecule is CCOC(=O)/C(SC)=C(/NC)OC. The summed E-state index contributed by atoms with van der Waals surface area (Å²) in [5.41, 5.74) is 0. The number of carbonyl (C=O) groups excluding carboxylic acids is 1. The molecule has 4 nitrogen and oxygen atoms in total. The Balaban J connectivity index is 4.63. The van der Waals surface area contributed by atoms with E-state index in [0.29, 0.717) is 17.4 Å². The maximum atomic E-state index is 11.3. The van der Waals surface area contributed by atoms with Crippen LogP contribution >= 0.6 is 11.8 Å². The number of thioether (sulfide) groups is 1. The molecule has 0 heterocycles. The molecule has 0 bridgehead atoms. The van der Waals surface area contributed by atoms with E-state index in [9.17, 15) is 4.79 Å². The van der Waals surface area contributed by atoms with E-state index in [1.807, 2.05) is 0 Å². The Labute approximate surface area is 82.7 Å². The maximum Gasteiger partial charge on any atom is 0.350 e. The van der Waals surface area contributed by atoms with Crippen LogP contribution in [0, 0.1) is 0 Å². The molecule has 0 aromatic carbocycles. The lowest BCUT2D eigenvalue weighted by molar-refractivity contribution is -0.137. The van der Waals surface area contributed by atoms with Gasteiger partial charge in [0.25, 0.3) is 0 Å². The molecule has 0 rings (SSSR count). The van der Waals surface area contributed by atoms with Crippen molar-refractivity contribution in [3.63, 3.8) is 0 Å². The summed E-state index contributed by atoms with van der Waals surface area (Å²) in [5.74, 6) is 0.0761. The third-order valence-electron chi connectivity index (χ3n) is 1.30. The molecule has 0 saturated carbocycles. The molecule has 0 amide bonds. The normalized spacial score (nSPS) is 11.7. The molecular formula is C8H15NO3S. The minimum Gasteiger partial charge on any atom is -0.482 e. The highest BCUT2D eigenvalue weighted by Gasteiger charge is 2.15. The largest absolute Gasteiger partial charge is 0.482 e. The van der Waals surface area contributed by atoms with Crippen LogP contribution in [-0.4, -0.2) is 33.0 Å². The average molecular weight is 205 g/mol. The second kappa shape index (κ2) is 6.65. The van der Waals surface area contributed by atoms with Gasteiger partial charge in [0, 0.05) is 7.05 Å². The van der Waals surface area contributed by atoms with Crippen LogP contribution in [0.15, 0.2) is 10.8 Å². The highest BCUT2D eigenvalue weighted by Crippen LogP contribution is 2.17. The van der Waals surface area contributed by atoms with E-state index in [0.717, 1.165) is 0 Å². The van der Waals surface area contributed by atoms with E-state index >= 15 is 0 Å². The summed E-state index contributed by atoms with van der Waals surface area (Å²) in [6.45, 7) is 2.13. The predicted octanol–water partition coefficient (Wildman–Crippen LogP) is 0.947. The molecule has 0 spiro atoms. The second-order valence-electron chi connectivity index (χ2n) is 2.04. The topological polar surface area (TPSA) is 47.6 Å². The number of nitrogens with one attached hydrogen (secondary N) is 1. The summed E-state index contributed by atoms with van der Waals surface area (Å²) in [4.78, 5) is 11.8. The summed E-state index contributed by atoms with van der Waals surface area (Å²) < 4.78 is 9.81. The molecule has 0 aromatic rings. The predicted molar refractivity (Wildman–Crippen MR) is 53.2 cm³/mol. The number of esters is 1. The van der Waals surface area contributed by atoms with Crippen LogP contribution < -0.4 is 5.32 Å². The van der Waals surface area contributed by atoms with Crippen LogP contribution in [0.4, 0.5) is 0 Å². The first-order valence-corrected chi connectivity index (χ1v) is 5.10. The highest BCUT2D eigenvalue weighted by molar-refractivity contribution is 8.03. The first-order chi connectivity index (χ1) is 6.21. The number of carbonyl (C=O) groups is 1. The molecule has 5 heteroatoms. The maximum absolute atomic E-state index is 11.3. The standard InChI is InChI=1S/C8H15NO3S/c1-5-12-8(10)6(13-4)7(9-2)11-3/h9H,5H2,1-4H3/b7-6+. The molecule has 0 saturated heterocycles. The van der Waals surface area contributed by atoms with E-state index in [4.69, 9.17) is 9.47 Å². The Morgan fingerprint density at radius 2 is 2.15 bits per heavy atom. The fourth-order valence-corrected chi connectivity index (χ4v) is 1.37. The zero-order valence-corrected chi connectivity index (χ0v) is 9.16. The van der Waals surface area contributed by atoms with Gasteiger partial charge in [-0.1, -0.05) is 0 Å². The van der Waals surface area contributed by atoms with E-state index in [2.05, 4.69) is 5.32 Å². The van der Waals surface area contributed by atoms with Crippen molar-refractivity contribution in [2.24, 2.45) is 0 Å². The van der Waals surface area contributed by atoms with Gasteiger partial charge in [-0.2, -0.15) is 0 Å². The first kappa shape index (κ1) is 12.2. The van der Waals surface area contributed by atoms with Crippen molar-refractivity contribution < 1.29 is 14.3 Å².